The van der Waals surface area contributed by atoms with E-state index in [2.05, 4.69) is 0 Å². The predicted octanol–water partition coefficient (Wildman–Crippen LogP) is 1.25. The molecule has 1 aromatic rings. The summed E-state index contributed by atoms with van der Waals surface area (Å²) in [4.78, 5) is 11.3. The van der Waals surface area contributed by atoms with E-state index in [-0.39, 0.29) is 25.6 Å². The molecule has 0 unspecified atom stereocenters. The normalized spacial score (nSPS) is 12.1. The maximum absolute atomic E-state index is 11.3. The Labute approximate surface area is 101 Å². The smallest absolute Gasteiger partial charge is 0.306 e. The van der Waals surface area contributed by atoms with Crippen LogP contribution in [0.4, 0.5) is 0 Å². The van der Waals surface area contributed by atoms with Gasteiger partial charge in [0.2, 0.25) is 0 Å². The number of esters is 1. The fraction of sp³-hybridized carbons (Fsp3) is 0.462. The topological polar surface area (TPSA) is 66.8 Å². The van der Waals surface area contributed by atoms with Crippen molar-refractivity contribution in [2.24, 2.45) is 0 Å². The van der Waals surface area contributed by atoms with Gasteiger partial charge in [0.25, 0.3) is 0 Å². The van der Waals surface area contributed by atoms with Gasteiger partial charge >= 0.3 is 5.97 Å². The molecule has 1 atom stereocenters. The monoisotopic (exact) mass is 238 g/mol. The lowest BCUT2D eigenvalue weighted by molar-refractivity contribution is -0.145. The number of aliphatic hydroxyl groups excluding tert-OH is 2. The highest BCUT2D eigenvalue weighted by molar-refractivity contribution is 5.69. The van der Waals surface area contributed by atoms with Crippen LogP contribution >= 0.6 is 0 Å². The fourth-order valence-corrected chi connectivity index (χ4v) is 1.39. The van der Waals surface area contributed by atoms with Gasteiger partial charge in [-0.2, -0.15) is 0 Å². The van der Waals surface area contributed by atoms with Crippen LogP contribution in [0.3, 0.4) is 0 Å². The molecule has 0 spiro atoms. The van der Waals surface area contributed by atoms with Crippen molar-refractivity contribution in [3.05, 3.63) is 35.9 Å². The van der Waals surface area contributed by atoms with Crippen LogP contribution in [-0.4, -0.2) is 28.9 Å². The van der Waals surface area contributed by atoms with Gasteiger partial charge in [-0.3, -0.25) is 4.79 Å². The second kappa shape index (κ2) is 7.81. The van der Waals surface area contributed by atoms with E-state index in [0.29, 0.717) is 12.8 Å². The number of aliphatic hydroxyl groups is 2. The zero-order valence-corrected chi connectivity index (χ0v) is 9.71. The molecule has 0 aliphatic rings. The molecule has 94 valence electrons. The number of carbonyl (C=O) groups excluding carboxylic acids is 1. The number of rotatable bonds is 7. The summed E-state index contributed by atoms with van der Waals surface area (Å²) in [5, 5.41) is 17.9. The molecule has 0 bridgehead atoms. The Morgan fingerprint density at radius 2 is 1.94 bits per heavy atom. The second-order valence-corrected chi connectivity index (χ2v) is 3.85. The fourth-order valence-electron chi connectivity index (χ4n) is 1.39. The van der Waals surface area contributed by atoms with Crippen LogP contribution in [0.1, 0.15) is 24.8 Å². The molecule has 4 heteroatoms. The highest BCUT2D eigenvalue weighted by Gasteiger charge is 2.08. The molecule has 0 aromatic heterocycles. The van der Waals surface area contributed by atoms with E-state index in [0.717, 1.165) is 5.56 Å². The van der Waals surface area contributed by atoms with Crippen molar-refractivity contribution >= 4 is 5.97 Å². The number of hydrogen-bond donors (Lipinski definition) is 2. The van der Waals surface area contributed by atoms with E-state index in [1.165, 1.54) is 0 Å². The summed E-state index contributed by atoms with van der Waals surface area (Å²) in [6, 6.07) is 9.43. The molecule has 0 fully saturated rings. The average Bonchev–Trinajstić information content (AvgIpc) is 2.35. The van der Waals surface area contributed by atoms with Gasteiger partial charge in [-0.05, 0) is 18.4 Å². The van der Waals surface area contributed by atoms with Crippen molar-refractivity contribution in [3.63, 3.8) is 0 Å². The molecule has 0 heterocycles. The quantitative estimate of drug-likeness (QED) is 0.702. The Hall–Kier alpha value is -1.39. The largest absolute Gasteiger partial charge is 0.461 e. The van der Waals surface area contributed by atoms with E-state index in [4.69, 9.17) is 9.84 Å². The molecule has 0 amide bonds. The molecule has 0 saturated carbocycles. The van der Waals surface area contributed by atoms with E-state index < -0.39 is 6.10 Å². The van der Waals surface area contributed by atoms with Gasteiger partial charge in [0.05, 0.1) is 6.10 Å². The third-order valence-corrected chi connectivity index (χ3v) is 2.39. The van der Waals surface area contributed by atoms with Crippen LogP contribution in [0.15, 0.2) is 30.3 Å². The molecule has 0 saturated heterocycles. The lowest BCUT2D eigenvalue weighted by atomic mass is 10.1. The van der Waals surface area contributed by atoms with Gasteiger partial charge in [-0.1, -0.05) is 30.3 Å². The van der Waals surface area contributed by atoms with Crippen molar-refractivity contribution < 1.29 is 19.7 Å². The summed E-state index contributed by atoms with van der Waals surface area (Å²) in [5.41, 5.74) is 0.941. The standard InChI is InChI=1S/C13H18O4/c14-9-8-12(15)6-7-13(16)17-10-11-4-2-1-3-5-11/h1-5,12,14-15H,6-10H2/t12-/m0/s1. The number of carbonyl (C=O) groups is 1. The zero-order valence-electron chi connectivity index (χ0n) is 9.71. The maximum atomic E-state index is 11.3. The van der Waals surface area contributed by atoms with Gasteiger partial charge in [-0.15, -0.1) is 0 Å². The van der Waals surface area contributed by atoms with Crippen molar-refractivity contribution in [2.45, 2.75) is 32.0 Å². The molecule has 2 N–H and O–H groups in total. The minimum Gasteiger partial charge on any atom is -0.461 e. The molecule has 4 nitrogen and oxygen atoms in total. The zero-order chi connectivity index (χ0) is 12.5. The Kier molecular flexibility index (Phi) is 6.29. The van der Waals surface area contributed by atoms with Gasteiger partial charge in [0.15, 0.2) is 0 Å². The highest BCUT2D eigenvalue weighted by atomic mass is 16.5. The summed E-state index contributed by atoms with van der Waals surface area (Å²) in [6.07, 6.45) is 0.165. The predicted molar refractivity (Wildman–Crippen MR) is 63.2 cm³/mol. The lowest BCUT2D eigenvalue weighted by Crippen LogP contribution is -2.13. The van der Waals surface area contributed by atoms with Crippen LogP contribution in [0.25, 0.3) is 0 Å². The van der Waals surface area contributed by atoms with Gasteiger partial charge < -0.3 is 14.9 Å². The summed E-state index contributed by atoms with van der Waals surface area (Å²) in [5.74, 6) is -0.328. The first kappa shape index (κ1) is 13.7. The minimum atomic E-state index is -0.635. The Morgan fingerprint density at radius 1 is 1.24 bits per heavy atom. The van der Waals surface area contributed by atoms with Crippen molar-refractivity contribution in [2.75, 3.05) is 6.61 Å². The molecule has 1 aromatic carbocycles. The van der Waals surface area contributed by atoms with Crippen LogP contribution in [0, 0.1) is 0 Å². The van der Waals surface area contributed by atoms with Gasteiger partial charge in [0.1, 0.15) is 6.61 Å². The highest BCUT2D eigenvalue weighted by Crippen LogP contribution is 2.05. The number of hydrogen-bond acceptors (Lipinski definition) is 4. The first-order valence-electron chi connectivity index (χ1n) is 5.71. The molecule has 0 aliphatic heterocycles. The first-order valence-corrected chi connectivity index (χ1v) is 5.71. The first-order chi connectivity index (χ1) is 8.22. The van der Waals surface area contributed by atoms with Crippen molar-refractivity contribution in [1.82, 2.24) is 0 Å². The molecular formula is C13H18O4. The molecule has 0 aliphatic carbocycles. The molecule has 1 rings (SSSR count). The lowest BCUT2D eigenvalue weighted by Gasteiger charge is -2.08. The third-order valence-electron chi connectivity index (χ3n) is 2.39. The summed E-state index contributed by atoms with van der Waals surface area (Å²) in [7, 11) is 0. The Bertz CT molecular complexity index is 323. The van der Waals surface area contributed by atoms with Crippen LogP contribution in [0.2, 0.25) is 0 Å². The summed E-state index contributed by atoms with van der Waals surface area (Å²) < 4.78 is 5.04. The van der Waals surface area contributed by atoms with E-state index in [1.807, 2.05) is 30.3 Å². The Balaban J connectivity index is 2.17. The van der Waals surface area contributed by atoms with Crippen LogP contribution < -0.4 is 0 Å². The SMILES string of the molecule is O=C(CC[C@H](O)CCO)OCc1ccccc1. The van der Waals surface area contributed by atoms with Crippen molar-refractivity contribution in [3.8, 4) is 0 Å². The van der Waals surface area contributed by atoms with E-state index in [1.54, 1.807) is 0 Å². The minimum absolute atomic E-state index is 0.0692. The second-order valence-electron chi connectivity index (χ2n) is 3.85. The van der Waals surface area contributed by atoms with Gasteiger partial charge in [-0.25, -0.2) is 0 Å². The summed E-state index contributed by atoms with van der Waals surface area (Å²) in [6.45, 7) is 0.190. The van der Waals surface area contributed by atoms with Crippen LogP contribution in [-0.2, 0) is 16.1 Å². The average molecular weight is 238 g/mol. The van der Waals surface area contributed by atoms with Crippen LogP contribution in [0.5, 0.6) is 0 Å². The molecular weight excluding hydrogens is 220 g/mol. The third kappa shape index (κ3) is 6.04. The van der Waals surface area contributed by atoms with Crippen molar-refractivity contribution in [1.29, 1.82) is 0 Å². The van der Waals surface area contributed by atoms with E-state index in [9.17, 15) is 9.90 Å². The molecule has 17 heavy (non-hydrogen) atoms. The maximum Gasteiger partial charge on any atom is 0.306 e. The van der Waals surface area contributed by atoms with Gasteiger partial charge in [0, 0.05) is 13.0 Å². The summed E-state index contributed by atoms with van der Waals surface area (Å²) >= 11 is 0. The number of benzene rings is 1. The molecule has 0 radical (unpaired) electrons. The Morgan fingerprint density at radius 3 is 2.59 bits per heavy atom. The van der Waals surface area contributed by atoms with E-state index >= 15 is 0 Å². The number of ether oxygens (including phenoxy) is 1.